The summed E-state index contributed by atoms with van der Waals surface area (Å²) in [7, 11) is 0. The highest BCUT2D eigenvalue weighted by Crippen LogP contribution is 2.24. The number of carbonyl (C=O) groups excluding carboxylic acids is 2. The summed E-state index contributed by atoms with van der Waals surface area (Å²) in [6.07, 6.45) is 4.16. The normalized spacial score (nSPS) is 14.6. The molecule has 1 aromatic carbocycles. The molecular formula is C24H36N2O5. The van der Waals surface area contributed by atoms with Gasteiger partial charge < -0.3 is 20.8 Å². The summed E-state index contributed by atoms with van der Waals surface area (Å²) < 4.78 is 0. The minimum atomic E-state index is -1.30. The first kappa shape index (κ1) is 26.2. The number of aromatic hydroxyl groups is 1. The third kappa shape index (κ3) is 8.07. The number of carbonyl (C=O) groups is 3. The van der Waals surface area contributed by atoms with Gasteiger partial charge in [-0.15, -0.1) is 0 Å². The van der Waals surface area contributed by atoms with Crippen LogP contribution in [0.1, 0.15) is 71.2 Å². The predicted octanol–water partition coefficient (Wildman–Crippen LogP) is 4.58. The van der Waals surface area contributed by atoms with Crippen LogP contribution >= 0.6 is 0 Å². The molecule has 0 aliphatic rings. The third-order valence-electron chi connectivity index (χ3n) is 5.40. The summed E-state index contributed by atoms with van der Waals surface area (Å²) in [6, 6.07) is 3.07. The first-order valence-corrected chi connectivity index (χ1v) is 10.8. The van der Waals surface area contributed by atoms with Gasteiger partial charge in [-0.3, -0.25) is 9.59 Å². The summed E-state index contributed by atoms with van der Waals surface area (Å²) >= 11 is 0. The first-order chi connectivity index (χ1) is 14.5. The number of nitrogens with one attached hydrogen (secondary N) is 2. The lowest BCUT2D eigenvalue weighted by molar-refractivity contribution is -0.129. The fourth-order valence-corrected chi connectivity index (χ4v) is 3.66. The van der Waals surface area contributed by atoms with Crippen LogP contribution in [0.2, 0.25) is 0 Å². The second-order valence-electron chi connectivity index (χ2n) is 8.47. The average Bonchev–Trinajstić information content (AvgIpc) is 2.69. The average molecular weight is 433 g/mol. The zero-order valence-corrected chi connectivity index (χ0v) is 19.4. The number of aromatic carboxylic acids is 1. The summed E-state index contributed by atoms with van der Waals surface area (Å²) in [5.74, 6) is -2.10. The SMILES string of the molecule is C/C=C(/CC)C(C)CC(C)C(=O)NC(CC(C)C)C(=O)Nc1ccc(O)c(C(=O)O)c1. The van der Waals surface area contributed by atoms with Crippen molar-refractivity contribution in [3.8, 4) is 5.75 Å². The van der Waals surface area contributed by atoms with Crippen LogP contribution in [0.5, 0.6) is 5.75 Å². The van der Waals surface area contributed by atoms with Gasteiger partial charge in [-0.25, -0.2) is 4.79 Å². The van der Waals surface area contributed by atoms with Gasteiger partial charge in [0, 0.05) is 11.6 Å². The van der Waals surface area contributed by atoms with Gasteiger partial charge in [-0.05, 0) is 56.2 Å². The van der Waals surface area contributed by atoms with Crippen LogP contribution in [-0.2, 0) is 9.59 Å². The molecule has 3 atom stereocenters. The van der Waals surface area contributed by atoms with Gasteiger partial charge in [0.15, 0.2) is 0 Å². The molecule has 31 heavy (non-hydrogen) atoms. The molecule has 0 spiro atoms. The Balaban J connectivity index is 2.90. The van der Waals surface area contributed by atoms with E-state index in [2.05, 4.69) is 30.6 Å². The first-order valence-electron chi connectivity index (χ1n) is 10.8. The Morgan fingerprint density at radius 3 is 2.19 bits per heavy atom. The van der Waals surface area contributed by atoms with E-state index in [0.717, 1.165) is 6.42 Å². The number of hydrogen-bond donors (Lipinski definition) is 4. The molecule has 1 aromatic rings. The van der Waals surface area contributed by atoms with E-state index in [1.54, 1.807) is 0 Å². The van der Waals surface area contributed by atoms with Crippen molar-refractivity contribution in [2.24, 2.45) is 17.8 Å². The molecule has 2 amide bonds. The van der Waals surface area contributed by atoms with E-state index in [-0.39, 0.29) is 40.7 Å². The van der Waals surface area contributed by atoms with Crippen molar-refractivity contribution < 1.29 is 24.6 Å². The highest BCUT2D eigenvalue weighted by Gasteiger charge is 2.26. The molecular weight excluding hydrogens is 396 g/mol. The zero-order valence-electron chi connectivity index (χ0n) is 19.4. The Labute approximate surface area is 184 Å². The van der Waals surface area contributed by atoms with E-state index in [4.69, 9.17) is 5.11 Å². The van der Waals surface area contributed by atoms with E-state index >= 15 is 0 Å². The molecule has 1 rings (SSSR count). The highest BCUT2D eigenvalue weighted by atomic mass is 16.4. The van der Waals surface area contributed by atoms with Crippen LogP contribution in [0.25, 0.3) is 0 Å². The maximum absolute atomic E-state index is 12.9. The molecule has 0 saturated heterocycles. The molecule has 172 valence electrons. The Bertz CT molecular complexity index is 816. The van der Waals surface area contributed by atoms with Gasteiger partial charge in [0.1, 0.15) is 17.4 Å². The molecule has 0 aromatic heterocycles. The maximum Gasteiger partial charge on any atom is 0.339 e. The summed E-state index contributed by atoms with van der Waals surface area (Å²) in [5, 5.41) is 24.3. The van der Waals surface area contributed by atoms with Gasteiger partial charge in [-0.2, -0.15) is 0 Å². The molecule has 4 N–H and O–H groups in total. The van der Waals surface area contributed by atoms with Crippen molar-refractivity contribution in [1.82, 2.24) is 5.32 Å². The molecule has 3 unspecified atom stereocenters. The molecule has 0 aliphatic carbocycles. The second-order valence-corrected chi connectivity index (χ2v) is 8.47. The molecule has 0 aliphatic heterocycles. The van der Waals surface area contributed by atoms with Gasteiger partial charge in [-0.1, -0.05) is 46.3 Å². The van der Waals surface area contributed by atoms with E-state index in [0.29, 0.717) is 12.8 Å². The number of hydrogen-bond acceptors (Lipinski definition) is 4. The van der Waals surface area contributed by atoms with Gasteiger partial charge in [0.2, 0.25) is 11.8 Å². The molecule has 0 bridgehead atoms. The Kier molecular flexibility index (Phi) is 10.3. The number of benzene rings is 1. The lowest BCUT2D eigenvalue weighted by atomic mass is 9.88. The topological polar surface area (TPSA) is 116 Å². The van der Waals surface area contributed by atoms with E-state index < -0.39 is 17.9 Å². The molecule has 7 heteroatoms. The third-order valence-corrected chi connectivity index (χ3v) is 5.40. The minimum absolute atomic E-state index is 0.161. The predicted molar refractivity (Wildman–Crippen MR) is 122 cm³/mol. The Morgan fingerprint density at radius 1 is 1.03 bits per heavy atom. The molecule has 0 radical (unpaired) electrons. The number of allylic oxidation sites excluding steroid dienone is 2. The maximum atomic E-state index is 12.9. The van der Waals surface area contributed by atoms with Crippen LogP contribution in [0.3, 0.4) is 0 Å². The largest absolute Gasteiger partial charge is 0.507 e. The van der Waals surface area contributed by atoms with Crippen molar-refractivity contribution in [2.45, 2.75) is 66.8 Å². The number of rotatable bonds is 11. The van der Waals surface area contributed by atoms with Crippen LogP contribution in [0.4, 0.5) is 5.69 Å². The van der Waals surface area contributed by atoms with Crippen LogP contribution in [-0.4, -0.2) is 34.0 Å². The Hall–Kier alpha value is -2.83. The van der Waals surface area contributed by atoms with Crippen LogP contribution < -0.4 is 10.6 Å². The lowest BCUT2D eigenvalue weighted by Crippen LogP contribution is -2.46. The number of anilines is 1. The van der Waals surface area contributed by atoms with Crippen molar-refractivity contribution in [2.75, 3.05) is 5.32 Å². The zero-order chi connectivity index (χ0) is 23.7. The molecule has 0 heterocycles. The summed E-state index contributed by atoms with van der Waals surface area (Å²) in [5.41, 5.74) is 1.24. The minimum Gasteiger partial charge on any atom is -0.507 e. The highest BCUT2D eigenvalue weighted by molar-refractivity contribution is 5.99. The molecule has 0 saturated carbocycles. The number of amides is 2. The van der Waals surface area contributed by atoms with Gasteiger partial charge in [0.25, 0.3) is 0 Å². The molecule has 7 nitrogen and oxygen atoms in total. The van der Waals surface area contributed by atoms with E-state index in [1.807, 2.05) is 27.7 Å². The lowest BCUT2D eigenvalue weighted by Gasteiger charge is -2.24. The smallest absolute Gasteiger partial charge is 0.339 e. The fourth-order valence-electron chi connectivity index (χ4n) is 3.66. The fraction of sp³-hybridized carbons (Fsp3) is 0.542. The van der Waals surface area contributed by atoms with Crippen molar-refractivity contribution in [3.63, 3.8) is 0 Å². The van der Waals surface area contributed by atoms with E-state index in [9.17, 15) is 19.5 Å². The quantitative estimate of drug-likeness (QED) is 0.302. The molecule has 0 fully saturated rings. The monoisotopic (exact) mass is 432 g/mol. The van der Waals surface area contributed by atoms with E-state index in [1.165, 1.54) is 23.8 Å². The van der Waals surface area contributed by atoms with Crippen LogP contribution in [0.15, 0.2) is 29.8 Å². The Morgan fingerprint density at radius 2 is 1.68 bits per heavy atom. The number of carboxylic acid groups (broad SMARTS) is 1. The second kappa shape index (κ2) is 12.1. The van der Waals surface area contributed by atoms with Gasteiger partial charge >= 0.3 is 5.97 Å². The summed E-state index contributed by atoms with van der Waals surface area (Å²) in [4.78, 5) is 36.8. The standard InChI is InChI=1S/C24H36N2O5/c1-7-17(8-2)15(5)12-16(6)22(28)26-20(11-14(3)4)23(29)25-18-9-10-21(27)19(13-18)24(30)31/h7,9-10,13-16,20,27H,8,11-12H2,1-6H3,(H,25,29)(H,26,28)(H,30,31)/b17-7-. The van der Waals surface area contributed by atoms with Crippen molar-refractivity contribution in [1.29, 1.82) is 0 Å². The van der Waals surface area contributed by atoms with Crippen LogP contribution in [0, 0.1) is 17.8 Å². The van der Waals surface area contributed by atoms with Crippen molar-refractivity contribution in [3.05, 3.63) is 35.4 Å². The summed E-state index contributed by atoms with van der Waals surface area (Å²) in [6.45, 7) is 12.0. The van der Waals surface area contributed by atoms with Gasteiger partial charge in [0.05, 0.1) is 0 Å². The number of carboxylic acids is 1. The number of phenols is 1. The van der Waals surface area contributed by atoms with Crippen molar-refractivity contribution >= 4 is 23.5 Å².